The van der Waals surface area contributed by atoms with Gasteiger partial charge in [-0.2, -0.15) is 11.8 Å². The molecule has 1 aliphatic heterocycles. The van der Waals surface area contributed by atoms with Crippen LogP contribution < -0.4 is 10.1 Å². The molecule has 2 rings (SSSR count). The lowest BCUT2D eigenvalue weighted by molar-refractivity contribution is 0.381. The van der Waals surface area contributed by atoms with Gasteiger partial charge in [-0.25, -0.2) is 0 Å². The molecular formula is C18H29N3OS. The average molecular weight is 336 g/mol. The van der Waals surface area contributed by atoms with Crippen molar-refractivity contribution in [3.63, 3.8) is 0 Å². The second-order valence-electron chi connectivity index (χ2n) is 6.17. The van der Waals surface area contributed by atoms with Crippen molar-refractivity contribution in [1.82, 2.24) is 10.2 Å². The van der Waals surface area contributed by atoms with Crippen molar-refractivity contribution in [1.29, 1.82) is 0 Å². The summed E-state index contributed by atoms with van der Waals surface area (Å²) in [4.78, 5) is 6.86. The second kappa shape index (κ2) is 9.06. The van der Waals surface area contributed by atoms with E-state index >= 15 is 0 Å². The standard InChI is InChI=1S/C18H29N3OS/c1-14(2)17-13-21(10-11-23-17)18(19-3)20-9-8-15-6-5-7-16(12-15)22-4/h5-7,12,14,17H,8-11,13H2,1-4H3,(H,19,20). The second-order valence-corrected chi connectivity index (χ2v) is 7.52. The molecule has 0 aliphatic carbocycles. The van der Waals surface area contributed by atoms with Crippen LogP contribution in [-0.2, 0) is 6.42 Å². The van der Waals surface area contributed by atoms with Crippen molar-refractivity contribution >= 4 is 17.7 Å². The highest BCUT2D eigenvalue weighted by Crippen LogP contribution is 2.24. The summed E-state index contributed by atoms with van der Waals surface area (Å²) in [5.41, 5.74) is 1.28. The monoisotopic (exact) mass is 335 g/mol. The lowest BCUT2D eigenvalue weighted by Gasteiger charge is -2.36. The van der Waals surface area contributed by atoms with Gasteiger partial charge in [-0.1, -0.05) is 26.0 Å². The summed E-state index contributed by atoms with van der Waals surface area (Å²) in [7, 11) is 3.58. The van der Waals surface area contributed by atoms with Crippen molar-refractivity contribution in [3.8, 4) is 5.75 Å². The fourth-order valence-electron chi connectivity index (χ4n) is 2.75. The van der Waals surface area contributed by atoms with E-state index in [1.807, 2.05) is 19.2 Å². The normalized spacial score (nSPS) is 19.1. The Kier molecular flexibility index (Phi) is 7.09. The number of hydrogen-bond acceptors (Lipinski definition) is 3. The number of hydrogen-bond donors (Lipinski definition) is 1. The molecule has 0 amide bonds. The van der Waals surface area contributed by atoms with Gasteiger partial charge in [0.25, 0.3) is 0 Å². The first-order chi connectivity index (χ1) is 11.1. The lowest BCUT2D eigenvalue weighted by atomic mass is 10.1. The van der Waals surface area contributed by atoms with E-state index < -0.39 is 0 Å². The van der Waals surface area contributed by atoms with E-state index in [1.54, 1.807) is 7.11 Å². The molecule has 1 heterocycles. The predicted molar refractivity (Wildman–Crippen MR) is 101 cm³/mol. The summed E-state index contributed by atoms with van der Waals surface area (Å²) >= 11 is 2.09. The van der Waals surface area contributed by atoms with Crippen LogP contribution in [0.15, 0.2) is 29.3 Å². The fraction of sp³-hybridized carbons (Fsp3) is 0.611. The molecule has 0 bridgehead atoms. The molecule has 0 aromatic heterocycles. The van der Waals surface area contributed by atoms with Crippen LogP contribution in [-0.4, -0.2) is 55.7 Å². The highest BCUT2D eigenvalue weighted by molar-refractivity contribution is 8.00. The van der Waals surface area contributed by atoms with Crippen LogP contribution >= 0.6 is 11.8 Å². The molecule has 1 fully saturated rings. The number of ether oxygens (including phenoxy) is 1. The first kappa shape index (κ1) is 18.0. The molecule has 0 saturated carbocycles. The summed E-state index contributed by atoms with van der Waals surface area (Å²) in [6, 6.07) is 8.25. The molecule has 1 aromatic rings. The van der Waals surface area contributed by atoms with Crippen LogP contribution in [0.1, 0.15) is 19.4 Å². The molecule has 1 N–H and O–H groups in total. The summed E-state index contributed by atoms with van der Waals surface area (Å²) in [5, 5.41) is 4.21. The van der Waals surface area contributed by atoms with Crippen molar-refractivity contribution < 1.29 is 4.74 Å². The topological polar surface area (TPSA) is 36.9 Å². The molecule has 0 radical (unpaired) electrons. The van der Waals surface area contributed by atoms with Crippen molar-refractivity contribution in [3.05, 3.63) is 29.8 Å². The summed E-state index contributed by atoms with van der Waals surface area (Å²) in [6.07, 6.45) is 0.965. The van der Waals surface area contributed by atoms with Gasteiger partial charge in [-0.3, -0.25) is 4.99 Å². The molecule has 128 valence electrons. The third-order valence-corrected chi connectivity index (χ3v) is 5.72. The third kappa shape index (κ3) is 5.34. The van der Waals surface area contributed by atoms with E-state index in [9.17, 15) is 0 Å². The minimum absolute atomic E-state index is 0.695. The maximum absolute atomic E-state index is 5.28. The van der Waals surface area contributed by atoms with Gasteiger partial charge in [-0.05, 0) is 30.0 Å². The highest BCUT2D eigenvalue weighted by atomic mass is 32.2. The number of methoxy groups -OCH3 is 1. The maximum atomic E-state index is 5.28. The van der Waals surface area contributed by atoms with Crippen LogP contribution in [0.5, 0.6) is 5.75 Å². The number of nitrogens with zero attached hydrogens (tertiary/aromatic N) is 2. The third-order valence-electron chi connectivity index (χ3n) is 4.18. The Hall–Kier alpha value is -1.36. The smallest absolute Gasteiger partial charge is 0.193 e. The number of guanidine groups is 1. The Morgan fingerprint density at radius 2 is 2.30 bits per heavy atom. The number of nitrogens with one attached hydrogen (secondary N) is 1. The molecule has 4 nitrogen and oxygen atoms in total. The molecule has 0 spiro atoms. The molecule has 1 unspecified atom stereocenters. The predicted octanol–water partition coefficient (Wildman–Crippen LogP) is 2.89. The maximum Gasteiger partial charge on any atom is 0.193 e. The van der Waals surface area contributed by atoms with Gasteiger partial charge < -0.3 is 15.0 Å². The summed E-state index contributed by atoms with van der Waals surface area (Å²) in [5.74, 6) is 3.83. The minimum Gasteiger partial charge on any atom is -0.497 e. The van der Waals surface area contributed by atoms with Crippen LogP contribution in [0, 0.1) is 5.92 Å². The van der Waals surface area contributed by atoms with Gasteiger partial charge in [0.05, 0.1) is 7.11 Å². The molecule has 1 aliphatic rings. The number of rotatable bonds is 5. The van der Waals surface area contributed by atoms with Gasteiger partial charge in [0.15, 0.2) is 5.96 Å². The number of thioether (sulfide) groups is 1. The van der Waals surface area contributed by atoms with Crippen LogP contribution in [0.4, 0.5) is 0 Å². The fourth-order valence-corrected chi connectivity index (χ4v) is 4.05. The van der Waals surface area contributed by atoms with E-state index in [0.29, 0.717) is 11.2 Å². The lowest BCUT2D eigenvalue weighted by Crippen LogP contribution is -2.49. The van der Waals surface area contributed by atoms with Gasteiger partial charge in [-0.15, -0.1) is 0 Å². The Labute approximate surface area is 144 Å². The molecule has 23 heavy (non-hydrogen) atoms. The molecule has 5 heteroatoms. The van der Waals surface area contributed by atoms with Crippen LogP contribution in [0.25, 0.3) is 0 Å². The van der Waals surface area contributed by atoms with E-state index in [4.69, 9.17) is 4.74 Å². The van der Waals surface area contributed by atoms with E-state index in [-0.39, 0.29) is 0 Å². The quantitative estimate of drug-likeness (QED) is 0.663. The van der Waals surface area contributed by atoms with Crippen molar-refractivity contribution in [2.24, 2.45) is 10.9 Å². The van der Waals surface area contributed by atoms with Crippen LogP contribution in [0.2, 0.25) is 0 Å². The Morgan fingerprint density at radius 1 is 1.48 bits per heavy atom. The molecule has 1 atom stereocenters. The first-order valence-electron chi connectivity index (χ1n) is 8.34. The Morgan fingerprint density at radius 3 is 3.00 bits per heavy atom. The highest BCUT2D eigenvalue weighted by Gasteiger charge is 2.24. The largest absolute Gasteiger partial charge is 0.497 e. The van der Waals surface area contributed by atoms with E-state index in [1.165, 1.54) is 11.3 Å². The van der Waals surface area contributed by atoms with Gasteiger partial charge in [0.2, 0.25) is 0 Å². The Bertz CT molecular complexity index is 519. The average Bonchev–Trinajstić information content (AvgIpc) is 2.59. The van der Waals surface area contributed by atoms with Gasteiger partial charge in [0.1, 0.15) is 5.75 Å². The number of benzene rings is 1. The summed E-state index contributed by atoms with van der Waals surface area (Å²) < 4.78 is 5.28. The summed E-state index contributed by atoms with van der Waals surface area (Å²) in [6.45, 7) is 7.66. The van der Waals surface area contributed by atoms with E-state index in [2.05, 4.69) is 53.0 Å². The molecule has 1 aromatic carbocycles. The Balaban J connectivity index is 1.85. The SMILES string of the molecule is CN=C(NCCc1cccc(OC)c1)N1CCSC(C(C)C)C1. The molecular weight excluding hydrogens is 306 g/mol. The van der Waals surface area contributed by atoms with E-state index in [0.717, 1.165) is 37.8 Å². The number of aliphatic imine (C=N–C) groups is 1. The minimum atomic E-state index is 0.695. The zero-order chi connectivity index (χ0) is 16.7. The molecule has 1 saturated heterocycles. The zero-order valence-electron chi connectivity index (χ0n) is 14.7. The zero-order valence-corrected chi connectivity index (χ0v) is 15.5. The van der Waals surface area contributed by atoms with Crippen molar-refractivity contribution in [2.45, 2.75) is 25.5 Å². The van der Waals surface area contributed by atoms with Gasteiger partial charge >= 0.3 is 0 Å². The van der Waals surface area contributed by atoms with Crippen molar-refractivity contribution in [2.75, 3.05) is 39.5 Å². The first-order valence-corrected chi connectivity index (χ1v) is 9.39. The van der Waals surface area contributed by atoms with Gasteiger partial charge in [0, 0.05) is 37.7 Å². The van der Waals surface area contributed by atoms with Crippen LogP contribution in [0.3, 0.4) is 0 Å².